The van der Waals surface area contributed by atoms with Crippen molar-refractivity contribution in [1.82, 2.24) is 0 Å². The van der Waals surface area contributed by atoms with Crippen LogP contribution in [0.1, 0.15) is 0 Å². The zero-order chi connectivity index (χ0) is 23.0. The maximum absolute atomic E-state index is 5.64. The molecule has 0 saturated heterocycles. The van der Waals surface area contributed by atoms with E-state index in [1.165, 1.54) is 0 Å². The molecule has 0 fully saturated rings. The molecule has 0 unspecified atom stereocenters. The third-order valence-corrected chi connectivity index (χ3v) is 4.06. The van der Waals surface area contributed by atoms with E-state index in [1.807, 2.05) is 24.3 Å². The van der Waals surface area contributed by atoms with Crippen LogP contribution in [0.4, 0.5) is 0 Å². The number of benzene rings is 1. The quantitative estimate of drug-likeness (QED) is 0.159. The second kappa shape index (κ2) is 23.3. The van der Waals surface area contributed by atoms with E-state index in [9.17, 15) is 0 Å². The lowest BCUT2D eigenvalue weighted by molar-refractivity contribution is 0.0115. The van der Waals surface area contributed by atoms with Gasteiger partial charge in [-0.15, -0.1) is 23.2 Å². The predicted octanol–water partition coefficient (Wildman–Crippen LogP) is 3.02. The van der Waals surface area contributed by atoms with Crippen molar-refractivity contribution < 1.29 is 37.9 Å². The Morgan fingerprint density at radius 3 is 0.906 bits per heavy atom. The molecule has 0 heterocycles. The van der Waals surface area contributed by atoms with Gasteiger partial charge in [0.05, 0.1) is 79.3 Å². The Labute approximate surface area is 201 Å². The summed E-state index contributed by atoms with van der Waals surface area (Å²) in [5.41, 5.74) is 0. The molecule has 0 spiro atoms. The van der Waals surface area contributed by atoms with Crippen molar-refractivity contribution in [3.8, 4) is 11.5 Å². The predicted molar refractivity (Wildman–Crippen MR) is 124 cm³/mol. The van der Waals surface area contributed by atoms with Crippen LogP contribution in [0.2, 0.25) is 0 Å². The molecule has 0 bridgehead atoms. The van der Waals surface area contributed by atoms with Crippen molar-refractivity contribution in [2.24, 2.45) is 0 Å². The lowest BCUT2D eigenvalue weighted by atomic mass is 10.3. The van der Waals surface area contributed by atoms with E-state index in [2.05, 4.69) is 0 Å². The van der Waals surface area contributed by atoms with Gasteiger partial charge in [0.1, 0.15) is 24.7 Å². The lowest BCUT2D eigenvalue weighted by Gasteiger charge is -2.10. The molecule has 0 atom stereocenters. The van der Waals surface area contributed by atoms with E-state index in [4.69, 9.17) is 61.1 Å². The minimum Gasteiger partial charge on any atom is -0.491 e. The summed E-state index contributed by atoms with van der Waals surface area (Å²) >= 11 is 11.0. The van der Waals surface area contributed by atoms with Crippen LogP contribution in [0.15, 0.2) is 24.3 Å². The molecule has 0 aliphatic rings. The number of alkyl halides is 2. The maximum atomic E-state index is 5.64. The van der Waals surface area contributed by atoms with Crippen LogP contribution < -0.4 is 9.47 Å². The Balaban J connectivity index is 1.89. The molecule has 0 N–H and O–H groups in total. The molecular formula is C22H36Cl2O8. The average Bonchev–Trinajstić information content (AvgIpc) is 2.82. The number of ether oxygens (including phenoxy) is 8. The highest BCUT2D eigenvalue weighted by molar-refractivity contribution is 6.18. The van der Waals surface area contributed by atoms with Gasteiger partial charge in [-0.2, -0.15) is 0 Å². The van der Waals surface area contributed by atoms with Gasteiger partial charge < -0.3 is 37.9 Å². The summed E-state index contributed by atoms with van der Waals surface area (Å²) in [5.74, 6) is 2.52. The maximum Gasteiger partial charge on any atom is 0.119 e. The molecule has 10 heteroatoms. The van der Waals surface area contributed by atoms with Gasteiger partial charge in [-0.05, 0) is 24.3 Å². The number of rotatable bonds is 24. The molecule has 0 aromatic heterocycles. The lowest BCUT2D eigenvalue weighted by Crippen LogP contribution is -2.13. The third kappa shape index (κ3) is 18.7. The number of halogens is 2. The minimum atomic E-state index is 0.466. The van der Waals surface area contributed by atoms with Crippen molar-refractivity contribution in [3.05, 3.63) is 24.3 Å². The Hall–Kier alpha value is -0.840. The van der Waals surface area contributed by atoms with E-state index < -0.39 is 0 Å². The van der Waals surface area contributed by atoms with E-state index in [-0.39, 0.29) is 0 Å². The summed E-state index contributed by atoms with van der Waals surface area (Å²) < 4.78 is 43.3. The topological polar surface area (TPSA) is 73.8 Å². The fourth-order valence-corrected chi connectivity index (χ4v) is 2.48. The molecule has 1 rings (SSSR count). The largest absolute Gasteiger partial charge is 0.491 e. The van der Waals surface area contributed by atoms with Crippen molar-refractivity contribution in [2.75, 3.05) is 104 Å². The first-order chi connectivity index (χ1) is 15.9. The highest BCUT2D eigenvalue weighted by Crippen LogP contribution is 2.17. The molecule has 1 aromatic carbocycles. The van der Waals surface area contributed by atoms with Crippen molar-refractivity contribution in [3.63, 3.8) is 0 Å². The second-order valence-electron chi connectivity index (χ2n) is 6.22. The summed E-state index contributed by atoms with van der Waals surface area (Å²) in [6.45, 7) is 7.26. The molecule has 8 nitrogen and oxygen atoms in total. The summed E-state index contributed by atoms with van der Waals surface area (Å²) in [7, 11) is 0. The molecule has 1 aromatic rings. The van der Waals surface area contributed by atoms with Gasteiger partial charge in [0, 0.05) is 11.8 Å². The summed E-state index contributed by atoms with van der Waals surface area (Å²) in [4.78, 5) is 0. The van der Waals surface area contributed by atoms with Crippen LogP contribution in [0.25, 0.3) is 0 Å². The van der Waals surface area contributed by atoms with Gasteiger partial charge in [0.2, 0.25) is 0 Å². The highest BCUT2D eigenvalue weighted by atomic mass is 35.5. The van der Waals surface area contributed by atoms with Crippen LogP contribution >= 0.6 is 23.2 Å². The first-order valence-corrected chi connectivity index (χ1v) is 11.9. The Morgan fingerprint density at radius 1 is 0.375 bits per heavy atom. The van der Waals surface area contributed by atoms with Gasteiger partial charge in [-0.25, -0.2) is 0 Å². The zero-order valence-corrected chi connectivity index (χ0v) is 20.2. The highest BCUT2D eigenvalue weighted by Gasteiger charge is 1.98. The fourth-order valence-electron chi connectivity index (χ4n) is 2.26. The smallest absolute Gasteiger partial charge is 0.119 e. The molecular weight excluding hydrogens is 463 g/mol. The van der Waals surface area contributed by atoms with Gasteiger partial charge in [0.15, 0.2) is 0 Å². The second-order valence-corrected chi connectivity index (χ2v) is 6.98. The van der Waals surface area contributed by atoms with Crippen molar-refractivity contribution >= 4 is 23.2 Å². The summed E-state index contributed by atoms with van der Waals surface area (Å²) in [5, 5.41) is 0. The average molecular weight is 499 g/mol. The Kier molecular flexibility index (Phi) is 21.3. The van der Waals surface area contributed by atoms with Crippen molar-refractivity contribution in [1.29, 1.82) is 0 Å². The van der Waals surface area contributed by atoms with Crippen molar-refractivity contribution in [2.45, 2.75) is 0 Å². The van der Waals surface area contributed by atoms with Gasteiger partial charge in [0.25, 0.3) is 0 Å². The van der Waals surface area contributed by atoms with Crippen LogP contribution in [0.5, 0.6) is 11.5 Å². The normalized spacial score (nSPS) is 11.1. The molecule has 0 aliphatic carbocycles. The third-order valence-electron chi connectivity index (χ3n) is 3.75. The monoisotopic (exact) mass is 498 g/mol. The molecule has 32 heavy (non-hydrogen) atoms. The first-order valence-electron chi connectivity index (χ1n) is 10.8. The van der Waals surface area contributed by atoms with Crippen LogP contribution in [0.3, 0.4) is 0 Å². The Bertz CT molecular complexity index is 462. The minimum absolute atomic E-state index is 0.466. The van der Waals surface area contributed by atoms with E-state index in [0.29, 0.717) is 104 Å². The van der Waals surface area contributed by atoms with Crippen LogP contribution in [-0.4, -0.2) is 104 Å². The molecule has 0 amide bonds. The molecule has 0 saturated carbocycles. The van der Waals surface area contributed by atoms with Crippen LogP contribution in [-0.2, 0) is 28.4 Å². The zero-order valence-electron chi connectivity index (χ0n) is 18.6. The summed E-state index contributed by atoms with van der Waals surface area (Å²) in [6, 6.07) is 7.45. The summed E-state index contributed by atoms with van der Waals surface area (Å²) in [6.07, 6.45) is 0. The van der Waals surface area contributed by atoms with Gasteiger partial charge >= 0.3 is 0 Å². The standard InChI is InChI=1S/C22H36Cl2O8/c23-5-7-25-9-11-27-13-15-29-17-19-31-21-1-2-22(4-3-21)32-20-18-30-16-14-28-12-10-26-8-6-24/h1-4H,5-20H2. The van der Waals surface area contributed by atoms with E-state index in [0.717, 1.165) is 11.5 Å². The SMILES string of the molecule is ClCCOCCOCCOCCOc1ccc(OCCOCCOCCOCCCl)cc1. The number of hydrogen-bond donors (Lipinski definition) is 0. The first kappa shape index (κ1) is 29.2. The fraction of sp³-hybridized carbons (Fsp3) is 0.727. The van der Waals surface area contributed by atoms with Gasteiger partial charge in [-0.1, -0.05) is 0 Å². The molecule has 0 radical (unpaired) electrons. The van der Waals surface area contributed by atoms with E-state index >= 15 is 0 Å². The molecule has 0 aliphatic heterocycles. The molecule has 186 valence electrons. The number of hydrogen-bond acceptors (Lipinski definition) is 8. The van der Waals surface area contributed by atoms with Gasteiger partial charge in [-0.3, -0.25) is 0 Å². The van der Waals surface area contributed by atoms with E-state index in [1.54, 1.807) is 0 Å². The van der Waals surface area contributed by atoms with Crippen LogP contribution in [0, 0.1) is 0 Å². The Morgan fingerprint density at radius 2 is 0.625 bits per heavy atom.